The van der Waals surface area contributed by atoms with E-state index in [9.17, 15) is 20.1 Å². The predicted octanol–water partition coefficient (Wildman–Crippen LogP) is 5.29. The summed E-state index contributed by atoms with van der Waals surface area (Å²) < 4.78 is 5.74. The number of hydrogen-bond acceptors (Lipinski definition) is 5. The lowest BCUT2D eigenvalue weighted by molar-refractivity contribution is -0.170. The number of esters is 1. The first-order chi connectivity index (χ1) is 13.2. The van der Waals surface area contributed by atoms with Crippen LogP contribution in [0, 0.1) is 10.8 Å². The van der Waals surface area contributed by atoms with Gasteiger partial charge in [0.05, 0.1) is 11.7 Å². The molecule has 30 heavy (non-hydrogen) atoms. The molecule has 0 aromatic heterocycles. The fourth-order valence-electron chi connectivity index (χ4n) is 3.52. The number of hydrogen-bond donors (Lipinski definition) is 3. The molecule has 0 amide bonds. The van der Waals surface area contributed by atoms with Gasteiger partial charge in [0.2, 0.25) is 0 Å². The van der Waals surface area contributed by atoms with Gasteiger partial charge in [-0.1, -0.05) is 69.2 Å². The molecule has 3 N–H and O–H groups in total. The van der Waals surface area contributed by atoms with E-state index >= 15 is 0 Å². The maximum atomic E-state index is 13.0. The Morgan fingerprint density at radius 1 is 0.900 bits per heavy atom. The van der Waals surface area contributed by atoms with Gasteiger partial charge in [-0.05, 0) is 41.7 Å². The number of benzene rings is 1. The first kappa shape index (κ1) is 26.4. The molecule has 0 radical (unpaired) electrons. The van der Waals surface area contributed by atoms with Gasteiger partial charge in [-0.15, -0.1) is 0 Å². The standard InChI is InChI=1S/C25H42O5/c1-15(14-24(8,9)25(10,11)21(28)29)30-20(27)16-12-17(22(2,3)4)19(26)18(13-16)23(5,6)7/h12-13,15,21,26,28-29H,14H2,1-11H3. The molecule has 1 rings (SSSR count). The molecule has 0 aliphatic heterocycles. The summed E-state index contributed by atoms with van der Waals surface area (Å²) in [6, 6.07) is 3.43. The number of phenolic OH excluding ortho intramolecular Hbond substituents is 1. The van der Waals surface area contributed by atoms with Crippen molar-refractivity contribution in [2.45, 2.75) is 106 Å². The topological polar surface area (TPSA) is 87.0 Å². The normalized spacial score (nSPS) is 14.7. The van der Waals surface area contributed by atoms with Crippen molar-refractivity contribution < 1.29 is 24.9 Å². The van der Waals surface area contributed by atoms with Gasteiger partial charge in [-0.25, -0.2) is 4.79 Å². The number of aliphatic hydroxyl groups is 2. The second kappa shape index (κ2) is 8.51. The number of aromatic hydroxyl groups is 1. The van der Waals surface area contributed by atoms with Gasteiger partial charge in [-0.2, -0.15) is 0 Å². The average Bonchev–Trinajstić information content (AvgIpc) is 2.51. The number of rotatable bonds is 6. The summed E-state index contributed by atoms with van der Waals surface area (Å²) in [7, 11) is 0. The highest BCUT2D eigenvalue weighted by Gasteiger charge is 2.43. The minimum Gasteiger partial charge on any atom is -0.507 e. The van der Waals surface area contributed by atoms with E-state index in [1.165, 1.54) is 0 Å². The van der Waals surface area contributed by atoms with E-state index in [2.05, 4.69) is 0 Å². The maximum Gasteiger partial charge on any atom is 0.338 e. The van der Waals surface area contributed by atoms with E-state index < -0.39 is 29.2 Å². The average molecular weight is 423 g/mol. The van der Waals surface area contributed by atoms with E-state index in [-0.39, 0.29) is 16.6 Å². The van der Waals surface area contributed by atoms with Crippen LogP contribution in [0.2, 0.25) is 0 Å². The molecule has 0 spiro atoms. The van der Waals surface area contributed by atoms with Crippen molar-refractivity contribution in [2.75, 3.05) is 0 Å². The Kier molecular flexibility index (Phi) is 7.50. The lowest BCUT2D eigenvalue weighted by Crippen LogP contribution is -2.44. The van der Waals surface area contributed by atoms with E-state index in [1.807, 2.05) is 62.3 Å². The highest BCUT2D eigenvalue weighted by atomic mass is 16.5. The third kappa shape index (κ3) is 5.76. The number of phenols is 1. The molecule has 172 valence electrons. The number of carbonyl (C=O) groups excluding carboxylic acids is 1. The van der Waals surface area contributed by atoms with Crippen molar-refractivity contribution in [3.8, 4) is 5.75 Å². The smallest absolute Gasteiger partial charge is 0.338 e. The van der Waals surface area contributed by atoms with Crippen molar-refractivity contribution in [1.29, 1.82) is 0 Å². The molecule has 5 heteroatoms. The van der Waals surface area contributed by atoms with E-state index in [4.69, 9.17) is 4.74 Å². The first-order valence-corrected chi connectivity index (χ1v) is 10.7. The largest absolute Gasteiger partial charge is 0.507 e. The minimum absolute atomic E-state index is 0.222. The minimum atomic E-state index is -1.48. The first-order valence-electron chi connectivity index (χ1n) is 10.7. The van der Waals surface area contributed by atoms with E-state index in [1.54, 1.807) is 26.0 Å². The predicted molar refractivity (Wildman–Crippen MR) is 121 cm³/mol. The van der Waals surface area contributed by atoms with Crippen molar-refractivity contribution in [2.24, 2.45) is 10.8 Å². The highest BCUT2D eigenvalue weighted by molar-refractivity contribution is 5.90. The quantitative estimate of drug-likeness (QED) is 0.428. The summed E-state index contributed by atoms with van der Waals surface area (Å²) in [5.41, 5.74) is -0.106. The third-order valence-corrected chi connectivity index (χ3v) is 6.46. The molecule has 0 heterocycles. The van der Waals surface area contributed by atoms with Gasteiger partial charge in [-0.3, -0.25) is 0 Å². The molecule has 0 bridgehead atoms. The molecule has 1 aromatic carbocycles. The van der Waals surface area contributed by atoms with Crippen LogP contribution in [0.15, 0.2) is 12.1 Å². The van der Waals surface area contributed by atoms with Crippen LogP contribution in [0.3, 0.4) is 0 Å². The zero-order valence-corrected chi connectivity index (χ0v) is 20.7. The SMILES string of the molecule is CC(CC(C)(C)C(C)(C)C(O)O)OC(=O)c1cc(C(C)(C)C)c(O)c(C(C)(C)C)c1. The van der Waals surface area contributed by atoms with Crippen LogP contribution in [0.4, 0.5) is 0 Å². The van der Waals surface area contributed by atoms with Crippen molar-refractivity contribution in [1.82, 2.24) is 0 Å². The van der Waals surface area contributed by atoms with Gasteiger partial charge >= 0.3 is 5.97 Å². The molecule has 0 saturated heterocycles. The van der Waals surface area contributed by atoms with Crippen LogP contribution in [0.5, 0.6) is 5.75 Å². The zero-order valence-electron chi connectivity index (χ0n) is 20.7. The second-order valence-corrected chi connectivity index (χ2v) is 11.8. The maximum absolute atomic E-state index is 13.0. The van der Waals surface area contributed by atoms with Crippen molar-refractivity contribution >= 4 is 5.97 Å². The van der Waals surface area contributed by atoms with Crippen LogP contribution in [-0.4, -0.2) is 33.7 Å². The fourth-order valence-corrected chi connectivity index (χ4v) is 3.52. The number of aliphatic hydroxyl groups excluding tert-OH is 1. The zero-order chi connectivity index (χ0) is 23.9. The van der Waals surface area contributed by atoms with Crippen molar-refractivity contribution in [3.05, 3.63) is 28.8 Å². The van der Waals surface area contributed by atoms with E-state index in [0.717, 1.165) is 0 Å². The molecule has 1 unspecified atom stereocenters. The summed E-state index contributed by atoms with van der Waals surface area (Å²) in [6.07, 6.45) is -1.42. The molecule has 0 saturated carbocycles. The summed E-state index contributed by atoms with van der Waals surface area (Å²) in [6.45, 7) is 21.2. The fraction of sp³-hybridized carbons (Fsp3) is 0.720. The Bertz CT molecular complexity index is 726. The van der Waals surface area contributed by atoms with Crippen LogP contribution in [-0.2, 0) is 15.6 Å². The summed E-state index contributed by atoms with van der Waals surface area (Å²) in [5.74, 6) is -0.226. The molecule has 5 nitrogen and oxygen atoms in total. The van der Waals surface area contributed by atoms with Crippen LogP contribution in [0.25, 0.3) is 0 Å². The number of carbonyl (C=O) groups is 1. The molecule has 0 fully saturated rings. The van der Waals surface area contributed by atoms with Gasteiger partial charge < -0.3 is 20.1 Å². The lowest BCUT2D eigenvalue weighted by atomic mass is 9.65. The van der Waals surface area contributed by atoms with Gasteiger partial charge in [0.1, 0.15) is 5.75 Å². The van der Waals surface area contributed by atoms with Crippen molar-refractivity contribution in [3.63, 3.8) is 0 Å². The Morgan fingerprint density at radius 2 is 1.30 bits per heavy atom. The van der Waals surface area contributed by atoms with Crippen LogP contribution in [0.1, 0.15) is 104 Å². The Hall–Kier alpha value is -1.59. The van der Waals surface area contributed by atoms with Gasteiger partial charge in [0.15, 0.2) is 6.29 Å². The molecular weight excluding hydrogens is 380 g/mol. The van der Waals surface area contributed by atoms with Crippen LogP contribution >= 0.6 is 0 Å². The highest BCUT2D eigenvalue weighted by Crippen LogP contribution is 2.45. The Labute approximate surface area is 182 Å². The summed E-state index contributed by atoms with van der Waals surface area (Å²) in [5, 5.41) is 30.3. The Balaban J connectivity index is 3.23. The third-order valence-electron chi connectivity index (χ3n) is 6.46. The number of ether oxygens (including phenoxy) is 1. The molecule has 1 atom stereocenters. The summed E-state index contributed by atoms with van der Waals surface area (Å²) >= 11 is 0. The lowest BCUT2D eigenvalue weighted by Gasteiger charge is -2.44. The van der Waals surface area contributed by atoms with E-state index in [0.29, 0.717) is 23.1 Å². The summed E-state index contributed by atoms with van der Waals surface area (Å²) in [4.78, 5) is 13.0. The van der Waals surface area contributed by atoms with Gasteiger partial charge in [0, 0.05) is 16.5 Å². The molecule has 1 aromatic rings. The van der Waals surface area contributed by atoms with Crippen LogP contribution < -0.4 is 0 Å². The molecule has 0 aliphatic rings. The molecule has 0 aliphatic carbocycles. The monoisotopic (exact) mass is 422 g/mol. The molecular formula is C25H42O5. The van der Waals surface area contributed by atoms with Gasteiger partial charge in [0.25, 0.3) is 0 Å². The second-order valence-electron chi connectivity index (χ2n) is 11.8. The Morgan fingerprint density at radius 3 is 1.63 bits per heavy atom.